The summed E-state index contributed by atoms with van der Waals surface area (Å²) in [5, 5.41) is 9.94. The molecule has 0 saturated carbocycles. The van der Waals surface area contributed by atoms with Crippen LogP contribution in [0.25, 0.3) is 0 Å². The van der Waals surface area contributed by atoms with Crippen molar-refractivity contribution in [3.05, 3.63) is 17.7 Å². The van der Waals surface area contributed by atoms with Gasteiger partial charge in [-0.3, -0.25) is 0 Å². The number of nitrogens with two attached hydrogens (primary N) is 1. The van der Waals surface area contributed by atoms with E-state index in [4.69, 9.17) is 15.2 Å². The molecule has 4 nitrogen and oxygen atoms in total. The minimum atomic E-state index is 0.0878. The highest BCUT2D eigenvalue weighted by atomic mass is 16.5. The number of phenolic OH excluding ortho intramolecular Hbond substituents is 1. The average molecular weight is 211 g/mol. The maximum atomic E-state index is 9.94. The van der Waals surface area contributed by atoms with Crippen LogP contribution in [0.1, 0.15) is 18.4 Å². The SMILES string of the molecule is COc1ccc(C(C)CN)c(O)c1OC. The smallest absolute Gasteiger partial charge is 0.203 e. The molecule has 15 heavy (non-hydrogen) atoms. The molecular weight excluding hydrogens is 194 g/mol. The Morgan fingerprint density at radius 3 is 2.47 bits per heavy atom. The van der Waals surface area contributed by atoms with Crippen molar-refractivity contribution in [2.24, 2.45) is 5.73 Å². The Labute approximate surface area is 89.6 Å². The highest BCUT2D eigenvalue weighted by molar-refractivity contribution is 5.55. The molecular formula is C11H17NO3. The Kier molecular flexibility index (Phi) is 3.80. The Hall–Kier alpha value is -1.42. The molecule has 0 aliphatic carbocycles. The van der Waals surface area contributed by atoms with Crippen LogP contribution in [-0.2, 0) is 0 Å². The van der Waals surface area contributed by atoms with Gasteiger partial charge in [-0.1, -0.05) is 13.0 Å². The summed E-state index contributed by atoms with van der Waals surface area (Å²) in [6.07, 6.45) is 0. The van der Waals surface area contributed by atoms with Gasteiger partial charge in [-0.2, -0.15) is 0 Å². The van der Waals surface area contributed by atoms with Crippen molar-refractivity contribution < 1.29 is 14.6 Å². The third-order valence-electron chi connectivity index (χ3n) is 2.44. The van der Waals surface area contributed by atoms with Gasteiger partial charge in [0.2, 0.25) is 5.75 Å². The zero-order chi connectivity index (χ0) is 11.4. The van der Waals surface area contributed by atoms with E-state index in [1.807, 2.05) is 6.92 Å². The number of methoxy groups -OCH3 is 2. The first-order valence-corrected chi connectivity index (χ1v) is 4.79. The summed E-state index contributed by atoms with van der Waals surface area (Å²) in [6, 6.07) is 3.56. The van der Waals surface area contributed by atoms with Crippen LogP contribution >= 0.6 is 0 Å². The molecule has 84 valence electrons. The lowest BCUT2D eigenvalue weighted by Crippen LogP contribution is -2.09. The van der Waals surface area contributed by atoms with E-state index in [-0.39, 0.29) is 11.7 Å². The van der Waals surface area contributed by atoms with Crippen molar-refractivity contribution in [2.45, 2.75) is 12.8 Å². The monoisotopic (exact) mass is 211 g/mol. The molecule has 3 N–H and O–H groups in total. The quantitative estimate of drug-likeness (QED) is 0.791. The topological polar surface area (TPSA) is 64.7 Å². The number of hydrogen-bond donors (Lipinski definition) is 2. The summed E-state index contributed by atoms with van der Waals surface area (Å²) >= 11 is 0. The summed E-state index contributed by atoms with van der Waals surface area (Å²) in [5.74, 6) is 1.07. The number of ether oxygens (including phenoxy) is 2. The molecule has 0 saturated heterocycles. The molecule has 0 aromatic heterocycles. The predicted molar refractivity (Wildman–Crippen MR) is 58.7 cm³/mol. The predicted octanol–water partition coefficient (Wildman–Crippen LogP) is 1.47. The number of rotatable bonds is 4. The molecule has 0 amide bonds. The van der Waals surface area contributed by atoms with Crippen LogP contribution in [0.15, 0.2) is 12.1 Å². The fourth-order valence-corrected chi connectivity index (χ4v) is 1.45. The summed E-state index contributed by atoms with van der Waals surface area (Å²) in [5.41, 5.74) is 6.33. The number of aromatic hydroxyl groups is 1. The van der Waals surface area contributed by atoms with Gasteiger partial charge in [0, 0.05) is 5.56 Å². The van der Waals surface area contributed by atoms with Crippen molar-refractivity contribution in [2.75, 3.05) is 20.8 Å². The lowest BCUT2D eigenvalue weighted by molar-refractivity contribution is 0.330. The van der Waals surface area contributed by atoms with E-state index in [0.29, 0.717) is 18.0 Å². The second kappa shape index (κ2) is 4.89. The fourth-order valence-electron chi connectivity index (χ4n) is 1.45. The molecule has 0 fully saturated rings. The lowest BCUT2D eigenvalue weighted by atomic mass is 9.99. The van der Waals surface area contributed by atoms with Crippen LogP contribution in [-0.4, -0.2) is 25.9 Å². The molecule has 0 aliphatic rings. The molecule has 0 heterocycles. The minimum Gasteiger partial charge on any atom is -0.504 e. The zero-order valence-electron chi connectivity index (χ0n) is 9.28. The van der Waals surface area contributed by atoms with Crippen molar-refractivity contribution in [1.82, 2.24) is 0 Å². The molecule has 1 rings (SSSR count). The summed E-state index contributed by atoms with van der Waals surface area (Å²) in [6.45, 7) is 2.42. The van der Waals surface area contributed by atoms with Gasteiger partial charge in [-0.15, -0.1) is 0 Å². The Bertz CT molecular complexity index is 339. The first-order valence-electron chi connectivity index (χ1n) is 4.79. The van der Waals surface area contributed by atoms with E-state index >= 15 is 0 Å². The third-order valence-corrected chi connectivity index (χ3v) is 2.44. The zero-order valence-corrected chi connectivity index (χ0v) is 9.28. The van der Waals surface area contributed by atoms with E-state index in [1.54, 1.807) is 12.1 Å². The van der Waals surface area contributed by atoms with Crippen molar-refractivity contribution in [3.8, 4) is 17.2 Å². The van der Waals surface area contributed by atoms with Crippen molar-refractivity contribution in [3.63, 3.8) is 0 Å². The molecule has 4 heteroatoms. The van der Waals surface area contributed by atoms with E-state index in [1.165, 1.54) is 14.2 Å². The third kappa shape index (κ3) is 2.15. The van der Waals surface area contributed by atoms with Crippen LogP contribution in [0.3, 0.4) is 0 Å². The largest absolute Gasteiger partial charge is 0.504 e. The van der Waals surface area contributed by atoms with Gasteiger partial charge in [0.25, 0.3) is 0 Å². The van der Waals surface area contributed by atoms with Crippen LogP contribution in [0, 0.1) is 0 Å². The fraction of sp³-hybridized carbons (Fsp3) is 0.455. The Morgan fingerprint density at radius 1 is 1.33 bits per heavy atom. The van der Waals surface area contributed by atoms with E-state index in [2.05, 4.69) is 0 Å². The average Bonchev–Trinajstić information content (AvgIpc) is 2.27. The standard InChI is InChI=1S/C11H17NO3/c1-7(6-12)8-4-5-9(14-2)11(15-3)10(8)13/h4-5,7,13H,6,12H2,1-3H3. The van der Waals surface area contributed by atoms with Gasteiger partial charge in [0.1, 0.15) is 0 Å². The molecule has 1 unspecified atom stereocenters. The molecule has 0 aliphatic heterocycles. The highest BCUT2D eigenvalue weighted by Crippen LogP contribution is 2.41. The maximum absolute atomic E-state index is 9.94. The number of benzene rings is 1. The van der Waals surface area contributed by atoms with E-state index < -0.39 is 0 Å². The van der Waals surface area contributed by atoms with Gasteiger partial charge >= 0.3 is 0 Å². The molecule has 0 radical (unpaired) electrons. The van der Waals surface area contributed by atoms with Gasteiger partial charge in [0.05, 0.1) is 14.2 Å². The van der Waals surface area contributed by atoms with Gasteiger partial charge in [-0.05, 0) is 18.5 Å². The molecule has 1 aromatic rings. The first-order chi connectivity index (χ1) is 7.15. The summed E-state index contributed by atoms with van der Waals surface area (Å²) in [4.78, 5) is 0. The number of phenols is 1. The van der Waals surface area contributed by atoms with Gasteiger partial charge in [-0.25, -0.2) is 0 Å². The van der Waals surface area contributed by atoms with Crippen LogP contribution < -0.4 is 15.2 Å². The minimum absolute atomic E-state index is 0.0878. The van der Waals surface area contributed by atoms with Crippen LogP contribution in [0.4, 0.5) is 0 Å². The normalized spacial score (nSPS) is 12.3. The van der Waals surface area contributed by atoms with Gasteiger partial charge < -0.3 is 20.3 Å². The van der Waals surface area contributed by atoms with E-state index in [0.717, 1.165) is 5.56 Å². The summed E-state index contributed by atoms with van der Waals surface area (Å²) in [7, 11) is 3.03. The van der Waals surface area contributed by atoms with Gasteiger partial charge in [0.15, 0.2) is 11.5 Å². The first kappa shape index (κ1) is 11.7. The molecule has 1 aromatic carbocycles. The van der Waals surface area contributed by atoms with Crippen molar-refractivity contribution in [1.29, 1.82) is 0 Å². The second-order valence-electron chi connectivity index (χ2n) is 3.38. The van der Waals surface area contributed by atoms with Crippen LogP contribution in [0.5, 0.6) is 17.2 Å². The molecule has 1 atom stereocenters. The lowest BCUT2D eigenvalue weighted by Gasteiger charge is -2.15. The molecule has 0 spiro atoms. The van der Waals surface area contributed by atoms with Crippen LogP contribution in [0.2, 0.25) is 0 Å². The number of hydrogen-bond acceptors (Lipinski definition) is 4. The Balaban J connectivity index is 3.22. The second-order valence-corrected chi connectivity index (χ2v) is 3.38. The summed E-state index contributed by atoms with van der Waals surface area (Å²) < 4.78 is 10.2. The van der Waals surface area contributed by atoms with Crippen molar-refractivity contribution >= 4 is 0 Å². The van der Waals surface area contributed by atoms with E-state index in [9.17, 15) is 5.11 Å². The highest BCUT2D eigenvalue weighted by Gasteiger charge is 2.16. The maximum Gasteiger partial charge on any atom is 0.203 e. The Morgan fingerprint density at radius 2 is 2.00 bits per heavy atom. The molecule has 0 bridgehead atoms.